The van der Waals surface area contributed by atoms with E-state index >= 15 is 0 Å². The molecular weight excluding hydrogens is 260 g/mol. The molecule has 21 heavy (non-hydrogen) atoms. The summed E-state index contributed by atoms with van der Waals surface area (Å²) in [7, 11) is 0. The Morgan fingerprint density at radius 2 is 1.95 bits per heavy atom. The molecule has 0 N–H and O–H groups in total. The number of benzene rings is 1. The number of aryl methyl sites for hydroxylation is 1. The molecule has 4 heteroatoms. The van der Waals surface area contributed by atoms with Crippen LogP contribution in [0.15, 0.2) is 48.7 Å². The fourth-order valence-electron chi connectivity index (χ4n) is 2.83. The van der Waals surface area contributed by atoms with Crippen LogP contribution < -0.4 is 0 Å². The average Bonchev–Trinajstić information content (AvgIpc) is 2.99. The van der Waals surface area contributed by atoms with E-state index < -0.39 is 0 Å². The Bertz CT molecular complexity index is 856. The van der Waals surface area contributed by atoms with Gasteiger partial charge in [-0.15, -0.1) is 0 Å². The van der Waals surface area contributed by atoms with Crippen LogP contribution in [0.4, 0.5) is 0 Å². The van der Waals surface area contributed by atoms with E-state index in [0.717, 1.165) is 35.7 Å². The molecule has 100 valence electrons. The molecule has 0 fully saturated rings. The number of imidazole rings is 1. The summed E-state index contributed by atoms with van der Waals surface area (Å²) in [4.78, 5) is 8.97. The van der Waals surface area contributed by atoms with Crippen LogP contribution in [0.3, 0.4) is 0 Å². The van der Waals surface area contributed by atoms with E-state index in [9.17, 15) is 0 Å². The van der Waals surface area contributed by atoms with Gasteiger partial charge >= 0.3 is 0 Å². The molecular formula is C17H12N4. The van der Waals surface area contributed by atoms with E-state index in [1.54, 1.807) is 6.07 Å². The number of aromatic nitrogens is 3. The molecule has 0 bridgehead atoms. The van der Waals surface area contributed by atoms with Gasteiger partial charge in [0, 0.05) is 18.5 Å². The predicted octanol–water partition coefficient (Wildman–Crippen LogP) is 3.04. The second-order valence-corrected chi connectivity index (χ2v) is 5.04. The van der Waals surface area contributed by atoms with Crippen LogP contribution in [-0.4, -0.2) is 14.5 Å². The Morgan fingerprint density at radius 1 is 1.10 bits per heavy atom. The molecule has 1 aromatic carbocycles. The van der Waals surface area contributed by atoms with Gasteiger partial charge in [-0.1, -0.05) is 30.3 Å². The lowest BCUT2D eigenvalue weighted by atomic mass is 10.1. The molecule has 0 radical (unpaired) electrons. The molecule has 4 nitrogen and oxygen atoms in total. The lowest BCUT2D eigenvalue weighted by Crippen LogP contribution is -2.14. The lowest BCUT2D eigenvalue weighted by Gasteiger charge is -2.19. The van der Waals surface area contributed by atoms with Gasteiger partial charge in [-0.05, 0) is 17.7 Å². The van der Waals surface area contributed by atoms with Crippen LogP contribution in [0, 0.1) is 11.3 Å². The largest absolute Gasteiger partial charge is 0.324 e. The maximum atomic E-state index is 8.95. The topological polar surface area (TPSA) is 54.5 Å². The summed E-state index contributed by atoms with van der Waals surface area (Å²) in [5.74, 6) is 0.937. The fourth-order valence-corrected chi connectivity index (χ4v) is 2.83. The summed E-state index contributed by atoms with van der Waals surface area (Å²) in [6.45, 7) is 0.842. The second-order valence-electron chi connectivity index (χ2n) is 5.04. The van der Waals surface area contributed by atoms with Gasteiger partial charge in [0.25, 0.3) is 0 Å². The first kappa shape index (κ1) is 11.9. The average molecular weight is 272 g/mol. The third kappa shape index (κ3) is 1.83. The summed E-state index contributed by atoms with van der Waals surface area (Å²) in [5.41, 5.74) is 4.76. The van der Waals surface area contributed by atoms with Crippen molar-refractivity contribution in [3.8, 4) is 28.7 Å². The first-order valence-corrected chi connectivity index (χ1v) is 6.88. The lowest BCUT2D eigenvalue weighted by molar-refractivity contribution is 0.675. The van der Waals surface area contributed by atoms with Crippen molar-refractivity contribution in [2.75, 3.05) is 0 Å². The monoisotopic (exact) mass is 272 g/mol. The highest BCUT2D eigenvalue weighted by atomic mass is 15.1. The Labute approximate surface area is 122 Å². The van der Waals surface area contributed by atoms with Gasteiger partial charge in [0.2, 0.25) is 0 Å². The van der Waals surface area contributed by atoms with E-state index in [1.807, 2.05) is 30.5 Å². The van der Waals surface area contributed by atoms with Crippen LogP contribution >= 0.6 is 0 Å². The Hall–Kier alpha value is -2.93. The van der Waals surface area contributed by atoms with Crippen molar-refractivity contribution in [2.24, 2.45) is 0 Å². The molecule has 0 saturated heterocycles. The number of nitrogens with zero attached hydrogens (tertiary/aromatic N) is 4. The minimum Gasteiger partial charge on any atom is -0.324 e. The van der Waals surface area contributed by atoms with Crippen LogP contribution in [0.5, 0.6) is 0 Å². The van der Waals surface area contributed by atoms with Crippen molar-refractivity contribution >= 4 is 0 Å². The Kier molecular flexibility index (Phi) is 2.58. The number of fused-ring (bicyclic) bond motifs is 3. The highest BCUT2D eigenvalue weighted by Gasteiger charge is 2.21. The maximum absolute atomic E-state index is 8.95. The minimum absolute atomic E-state index is 0.469. The molecule has 0 atom stereocenters. The first-order chi connectivity index (χ1) is 10.4. The minimum atomic E-state index is 0.469. The first-order valence-electron chi connectivity index (χ1n) is 6.88. The summed E-state index contributed by atoms with van der Waals surface area (Å²) in [5, 5.41) is 8.95. The number of pyridine rings is 1. The standard InChI is InChI=1S/C17H12N4/c18-10-13-6-7-14-15(20-13)8-9-21-16(11-19-17(14)21)12-4-2-1-3-5-12/h1-7,11H,8-9H2. The summed E-state index contributed by atoms with van der Waals surface area (Å²) < 4.78 is 2.23. The fraction of sp³-hybridized carbons (Fsp3) is 0.118. The van der Waals surface area contributed by atoms with E-state index in [4.69, 9.17) is 5.26 Å². The van der Waals surface area contributed by atoms with E-state index in [2.05, 4.69) is 32.7 Å². The highest BCUT2D eigenvalue weighted by molar-refractivity contribution is 5.68. The molecule has 0 aliphatic carbocycles. The SMILES string of the molecule is N#Cc1ccc2c(n1)CCn1c(-c3ccccc3)cnc1-2. The normalized spacial score (nSPS) is 12.3. The van der Waals surface area contributed by atoms with Crippen LogP contribution in [0.2, 0.25) is 0 Å². The molecule has 0 unspecified atom stereocenters. The van der Waals surface area contributed by atoms with Gasteiger partial charge in [0.05, 0.1) is 17.6 Å². The molecule has 0 spiro atoms. The summed E-state index contributed by atoms with van der Waals surface area (Å²) in [6.07, 6.45) is 2.74. The Balaban J connectivity index is 1.87. The van der Waals surface area contributed by atoms with Crippen LogP contribution in [-0.2, 0) is 13.0 Å². The van der Waals surface area contributed by atoms with E-state index in [-0.39, 0.29) is 0 Å². The molecule has 3 heterocycles. The van der Waals surface area contributed by atoms with Gasteiger partial charge < -0.3 is 4.57 Å². The van der Waals surface area contributed by atoms with Gasteiger partial charge in [-0.2, -0.15) is 5.26 Å². The zero-order valence-corrected chi connectivity index (χ0v) is 11.3. The van der Waals surface area contributed by atoms with Crippen molar-refractivity contribution in [3.63, 3.8) is 0 Å². The zero-order valence-electron chi connectivity index (χ0n) is 11.3. The maximum Gasteiger partial charge on any atom is 0.142 e. The predicted molar refractivity (Wildman–Crippen MR) is 79.3 cm³/mol. The molecule has 1 aliphatic heterocycles. The second kappa shape index (κ2) is 4.57. The number of hydrogen-bond donors (Lipinski definition) is 0. The highest BCUT2D eigenvalue weighted by Crippen LogP contribution is 2.32. The van der Waals surface area contributed by atoms with Crippen molar-refractivity contribution in [2.45, 2.75) is 13.0 Å². The van der Waals surface area contributed by atoms with Crippen molar-refractivity contribution in [3.05, 3.63) is 60.0 Å². The van der Waals surface area contributed by atoms with Crippen molar-refractivity contribution in [1.29, 1.82) is 5.26 Å². The van der Waals surface area contributed by atoms with E-state index in [0.29, 0.717) is 5.69 Å². The van der Waals surface area contributed by atoms with Gasteiger partial charge in [-0.3, -0.25) is 0 Å². The third-order valence-electron chi connectivity index (χ3n) is 3.83. The Morgan fingerprint density at radius 3 is 2.76 bits per heavy atom. The number of hydrogen-bond acceptors (Lipinski definition) is 3. The molecule has 0 saturated carbocycles. The third-order valence-corrected chi connectivity index (χ3v) is 3.83. The quantitative estimate of drug-likeness (QED) is 0.684. The van der Waals surface area contributed by atoms with E-state index in [1.165, 1.54) is 5.56 Å². The number of nitriles is 1. The summed E-state index contributed by atoms with van der Waals surface area (Å²) >= 11 is 0. The van der Waals surface area contributed by atoms with Crippen molar-refractivity contribution in [1.82, 2.24) is 14.5 Å². The smallest absolute Gasteiger partial charge is 0.142 e. The molecule has 3 aromatic rings. The molecule has 2 aromatic heterocycles. The van der Waals surface area contributed by atoms with Gasteiger partial charge in [0.15, 0.2) is 0 Å². The van der Waals surface area contributed by atoms with Crippen molar-refractivity contribution < 1.29 is 0 Å². The van der Waals surface area contributed by atoms with Gasteiger partial charge in [-0.25, -0.2) is 9.97 Å². The van der Waals surface area contributed by atoms with Gasteiger partial charge in [0.1, 0.15) is 17.6 Å². The zero-order chi connectivity index (χ0) is 14.2. The molecule has 1 aliphatic rings. The molecule has 0 amide bonds. The number of rotatable bonds is 1. The van der Waals surface area contributed by atoms with Crippen LogP contribution in [0.25, 0.3) is 22.6 Å². The summed E-state index contributed by atoms with van der Waals surface area (Å²) in [6, 6.07) is 16.1. The molecule has 4 rings (SSSR count). The van der Waals surface area contributed by atoms with Crippen LogP contribution in [0.1, 0.15) is 11.4 Å².